The number of nitrogens with two attached hydrogens (primary N) is 1. The summed E-state index contributed by atoms with van der Waals surface area (Å²) in [4.78, 5) is 0.743. The van der Waals surface area contributed by atoms with Gasteiger partial charge in [0.25, 0.3) is 0 Å². The molecule has 0 aliphatic carbocycles. The van der Waals surface area contributed by atoms with Gasteiger partial charge < -0.3 is 10.3 Å². The van der Waals surface area contributed by atoms with Crippen LogP contribution in [-0.2, 0) is 0 Å². The monoisotopic (exact) mass is 434 g/mol. The number of hydrogen-bond donors (Lipinski definition) is 1. The van der Waals surface area contributed by atoms with Gasteiger partial charge in [-0.05, 0) is 50.1 Å². The molecule has 0 amide bonds. The standard InChI is InChI=1S/C13H6Br2F2N2OS/c14-7-4-9(21-12(7)15)11-10(13(18)20-19-11)6-2-1-5(16)3-8(6)17/h1-4H,18H2. The van der Waals surface area contributed by atoms with Crippen molar-refractivity contribution in [3.05, 3.63) is 44.2 Å². The summed E-state index contributed by atoms with van der Waals surface area (Å²) in [6, 6.07) is 5.09. The van der Waals surface area contributed by atoms with E-state index in [1.165, 1.54) is 17.4 Å². The lowest BCUT2D eigenvalue weighted by Gasteiger charge is -2.03. The molecule has 0 unspecified atom stereocenters. The van der Waals surface area contributed by atoms with E-state index in [9.17, 15) is 8.78 Å². The van der Waals surface area contributed by atoms with E-state index in [0.717, 1.165) is 25.3 Å². The number of nitrogens with zero attached hydrogens (tertiary/aromatic N) is 1. The molecule has 0 spiro atoms. The first-order valence-corrected chi connectivity index (χ1v) is 8.03. The summed E-state index contributed by atoms with van der Waals surface area (Å²) in [5.41, 5.74) is 6.62. The topological polar surface area (TPSA) is 52.0 Å². The molecular weight excluding hydrogens is 430 g/mol. The zero-order valence-corrected chi connectivity index (χ0v) is 14.2. The van der Waals surface area contributed by atoms with Crippen molar-refractivity contribution < 1.29 is 13.3 Å². The number of halogens is 4. The summed E-state index contributed by atoms with van der Waals surface area (Å²) in [5.74, 6) is -1.40. The molecule has 21 heavy (non-hydrogen) atoms. The smallest absolute Gasteiger partial charge is 0.230 e. The van der Waals surface area contributed by atoms with Crippen molar-refractivity contribution in [1.82, 2.24) is 5.16 Å². The summed E-state index contributed by atoms with van der Waals surface area (Å²) in [5, 5.41) is 3.89. The Morgan fingerprint density at radius 1 is 1.19 bits per heavy atom. The maximum Gasteiger partial charge on any atom is 0.230 e. The molecule has 0 bridgehead atoms. The minimum Gasteiger partial charge on any atom is -0.367 e. The van der Waals surface area contributed by atoms with Crippen LogP contribution in [0.15, 0.2) is 37.0 Å². The highest BCUT2D eigenvalue weighted by atomic mass is 79.9. The van der Waals surface area contributed by atoms with Gasteiger partial charge in [0.2, 0.25) is 5.88 Å². The van der Waals surface area contributed by atoms with E-state index in [0.29, 0.717) is 11.3 Å². The second kappa shape index (κ2) is 5.51. The Kier molecular flexibility index (Phi) is 3.85. The number of thiophene rings is 1. The molecule has 3 rings (SSSR count). The first-order chi connectivity index (χ1) is 9.97. The number of nitrogen functional groups attached to an aromatic ring is 1. The van der Waals surface area contributed by atoms with Crippen molar-refractivity contribution in [1.29, 1.82) is 0 Å². The molecule has 2 aromatic heterocycles. The summed E-state index contributed by atoms with van der Waals surface area (Å²) in [6.45, 7) is 0. The van der Waals surface area contributed by atoms with Crippen LogP contribution in [0.25, 0.3) is 21.7 Å². The Morgan fingerprint density at radius 3 is 2.57 bits per heavy atom. The number of rotatable bonds is 2. The van der Waals surface area contributed by atoms with Crippen LogP contribution < -0.4 is 5.73 Å². The van der Waals surface area contributed by atoms with Crippen molar-refractivity contribution in [2.45, 2.75) is 0 Å². The molecule has 0 atom stereocenters. The molecule has 3 aromatic rings. The van der Waals surface area contributed by atoms with Crippen LogP contribution in [0, 0.1) is 11.6 Å². The third-order valence-electron chi connectivity index (χ3n) is 2.80. The third kappa shape index (κ3) is 2.63. The largest absolute Gasteiger partial charge is 0.367 e. The van der Waals surface area contributed by atoms with E-state index in [1.54, 1.807) is 0 Å². The molecule has 0 fully saturated rings. The highest BCUT2D eigenvalue weighted by Gasteiger charge is 2.22. The Hall–Kier alpha value is -1.25. The summed E-state index contributed by atoms with van der Waals surface area (Å²) in [6.07, 6.45) is 0. The van der Waals surface area contributed by atoms with Crippen molar-refractivity contribution >= 4 is 49.1 Å². The lowest BCUT2D eigenvalue weighted by atomic mass is 10.0. The quantitative estimate of drug-likeness (QED) is 0.581. The van der Waals surface area contributed by atoms with Crippen LogP contribution in [0.2, 0.25) is 0 Å². The zero-order valence-electron chi connectivity index (χ0n) is 10.2. The molecule has 108 valence electrons. The van der Waals surface area contributed by atoms with Crippen LogP contribution >= 0.6 is 43.2 Å². The van der Waals surface area contributed by atoms with Crippen molar-refractivity contribution in [2.75, 3.05) is 5.73 Å². The molecule has 8 heteroatoms. The van der Waals surface area contributed by atoms with Gasteiger partial charge in [-0.1, -0.05) is 5.16 Å². The fourth-order valence-corrected chi connectivity index (χ4v) is 3.91. The molecule has 0 radical (unpaired) electrons. The Balaban J connectivity index is 2.21. The lowest BCUT2D eigenvalue weighted by Crippen LogP contribution is -1.91. The summed E-state index contributed by atoms with van der Waals surface area (Å²) in [7, 11) is 0. The highest BCUT2D eigenvalue weighted by molar-refractivity contribution is 9.13. The van der Waals surface area contributed by atoms with Gasteiger partial charge >= 0.3 is 0 Å². The van der Waals surface area contributed by atoms with Crippen molar-refractivity contribution in [3.8, 4) is 21.7 Å². The van der Waals surface area contributed by atoms with Crippen LogP contribution in [0.3, 0.4) is 0 Å². The van der Waals surface area contributed by atoms with Gasteiger partial charge in [0, 0.05) is 16.1 Å². The predicted octanol–water partition coefficient (Wildman–Crippen LogP) is 5.46. The highest BCUT2D eigenvalue weighted by Crippen LogP contribution is 2.43. The van der Waals surface area contributed by atoms with E-state index in [2.05, 4.69) is 37.0 Å². The predicted molar refractivity (Wildman–Crippen MR) is 85.0 cm³/mol. The minimum atomic E-state index is -0.721. The zero-order chi connectivity index (χ0) is 15.1. The van der Waals surface area contributed by atoms with Gasteiger partial charge in [0.05, 0.1) is 14.2 Å². The maximum absolute atomic E-state index is 14.0. The average Bonchev–Trinajstić information content (AvgIpc) is 2.94. The fraction of sp³-hybridized carbons (Fsp3) is 0. The number of hydrogen-bond acceptors (Lipinski definition) is 4. The molecule has 0 aliphatic heterocycles. The number of anilines is 1. The lowest BCUT2D eigenvalue weighted by molar-refractivity contribution is 0.439. The SMILES string of the molecule is Nc1onc(-c2cc(Br)c(Br)s2)c1-c1ccc(F)cc1F. The van der Waals surface area contributed by atoms with Gasteiger partial charge in [-0.15, -0.1) is 11.3 Å². The second-order valence-corrected chi connectivity index (χ2v) is 7.35. The van der Waals surface area contributed by atoms with E-state index < -0.39 is 11.6 Å². The van der Waals surface area contributed by atoms with Gasteiger partial charge in [-0.25, -0.2) is 8.78 Å². The minimum absolute atomic E-state index is 0.0175. The van der Waals surface area contributed by atoms with Crippen molar-refractivity contribution in [3.63, 3.8) is 0 Å². The Labute approximate surface area is 139 Å². The molecule has 2 heterocycles. The Bertz CT molecular complexity index is 812. The van der Waals surface area contributed by atoms with Crippen molar-refractivity contribution in [2.24, 2.45) is 0 Å². The van der Waals surface area contributed by atoms with E-state index >= 15 is 0 Å². The van der Waals surface area contributed by atoms with Crippen LogP contribution in [0.1, 0.15) is 0 Å². The fourth-order valence-electron chi connectivity index (χ4n) is 1.89. The van der Waals surface area contributed by atoms with Gasteiger partial charge in [-0.2, -0.15) is 0 Å². The van der Waals surface area contributed by atoms with Crippen LogP contribution in [0.4, 0.5) is 14.7 Å². The molecule has 2 N–H and O–H groups in total. The Morgan fingerprint density at radius 2 is 1.95 bits per heavy atom. The molecule has 0 saturated heterocycles. The van der Waals surface area contributed by atoms with E-state index in [4.69, 9.17) is 10.3 Å². The second-order valence-electron chi connectivity index (χ2n) is 4.13. The first kappa shape index (κ1) is 14.7. The molecule has 0 aliphatic rings. The maximum atomic E-state index is 14.0. The van der Waals surface area contributed by atoms with E-state index in [1.807, 2.05) is 6.07 Å². The summed E-state index contributed by atoms with van der Waals surface area (Å²) < 4.78 is 33.7. The molecule has 0 saturated carbocycles. The van der Waals surface area contributed by atoms with Crippen LogP contribution in [-0.4, -0.2) is 5.16 Å². The first-order valence-electron chi connectivity index (χ1n) is 5.63. The average molecular weight is 436 g/mol. The normalized spacial score (nSPS) is 11.0. The molecule has 1 aromatic carbocycles. The number of benzene rings is 1. The molecular formula is C13H6Br2F2N2OS. The van der Waals surface area contributed by atoms with Crippen LogP contribution in [0.5, 0.6) is 0 Å². The molecule has 3 nitrogen and oxygen atoms in total. The van der Waals surface area contributed by atoms with Gasteiger partial charge in [0.1, 0.15) is 17.3 Å². The van der Waals surface area contributed by atoms with E-state index in [-0.39, 0.29) is 11.4 Å². The summed E-state index contributed by atoms with van der Waals surface area (Å²) >= 11 is 8.15. The number of aromatic nitrogens is 1. The van der Waals surface area contributed by atoms with Gasteiger partial charge in [-0.3, -0.25) is 0 Å². The van der Waals surface area contributed by atoms with Gasteiger partial charge in [0.15, 0.2) is 0 Å². The third-order valence-corrected chi connectivity index (χ3v) is 6.06.